The highest BCUT2D eigenvalue weighted by Crippen LogP contribution is 2.42. The maximum atomic E-state index is 6.27. The van der Waals surface area contributed by atoms with Gasteiger partial charge in [0.1, 0.15) is 5.82 Å². The molecular weight excluding hydrogens is 270 g/mol. The van der Waals surface area contributed by atoms with E-state index >= 15 is 0 Å². The third-order valence-electron chi connectivity index (χ3n) is 4.06. The minimum Gasteiger partial charge on any atom is -0.296 e. The van der Waals surface area contributed by atoms with Crippen molar-refractivity contribution in [3.8, 4) is 0 Å². The van der Waals surface area contributed by atoms with Crippen LogP contribution in [0.4, 0.5) is 0 Å². The minimum absolute atomic E-state index is 0.0612. The van der Waals surface area contributed by atoms with Gasteiger partial charge in [-0.15, -0.1) is 10.2 Å². The van der Waals surface area contributed by atoms with Crippen LogP contribution >= 0.6 is 11.6 Å². The van der Waals surface area contributed by atoms with Gasteiger partial charge >= 0.3 is 0 Å². The first-order chi connectivity index (χ1) is 9.58. The van der Waals surface area contributed by atoms with Crippen molar-refractivity contribution >= 4 is 11.6 Å². The van der Waals surface area contributed by atoms with Crippen molar-refractivity contribution in [3.63, 3.8) is 0 Å². The van der Waals surface area contributed by atoms with Gasteiger partial charge in [0.2, 0.25) is 5.28 Å². The van der Waals surface area contributed by atoms with Crippen LogP contribution in [0.25, 0.3) is 0 Å². The quantitative estimate of drug-likeness (QED) is 0.827. The van der Waals surface area contributed by atoms with E-state index in [1.807, 2.05) is 0 Å². The molecule has 4 heteroatoms. The SMILES string of the molecule is CC(C)(CCc1ccccc1)n1c(Cl)nnc1C1CC1. The third kappa shape index (κ3) is 2.73. The molecule has 1 aromatic heterocycles. The fourth-order valence-electron chi connectivity index (χ4n) is 2.65. The molecule has 0 amide bonds. The second-order valence-electron chi connectivity index (χ2n) is 6.23. The highest BCUT2D eigenvalue weighted by atomic mass is 35.5. The van der Waals surface area contributed by atoms with E-state index in [9.17, 15) is 0 Å². The Hall–Kier alpha value is -1.35. The molecule has 2 aromatic rings. The summed E-state index contributed by atoms with van der Waals surface area (Å²) in [6, 6.07) is 10.6. The first kappa shape index (κ1) is 13.6. The number of aryl methyl sites for hydroxylation is 1. The number of benzene rings is 1. The molecule has 0 spiro atoms. The fraction of sp³-hybridized carbons (Fsp3) is 0.500. The van der Waals surface area contributed by atoms with E-state index in [1.165, 1.54) is 18.4 Å². The summed E-state index contributed by atoms with van der Waals surface area (Å²) in [5.41, 5.74) is 1.30. The number of aromatic nitrogens is 3. The molecule has 0 aliphatic heterocycles. The van der Waals surface area contributed by atoms with Crippen molar-refractivity contribution in [3.05, 3.63) is 47.0 Å². The van der Waals surface area contributed by atoms with Gasteiger partial charge in [0.15, 0.2) is 0 Å². The zero-order valence-electron chi connectivity index (χ0n) is 12.0. The Morgan fingerprint density at radius 3 is 2.55 bits per heavy atom. The average Bonchev–Trinajstić information content (AvgIpc) is 3.20. The third-order valence-corrected chi connectivity index (χ3v) is 4.31. The van der Waals surface area contributed by atoms with Crippen molar-refractivity contribution in [1.29, 1.82) is 0 Å². The van der Waals surface area contributed by atoms with Crippen molar-refractivity contribution in [2.75, 3.05) is 0 Å². The summed E-state index contributed by atoms with van der Waals surface area (Å²) < 4.78 is 2.13. The van der Waals surface area contributed by atoms with Crippen LogP contribution in [-0.4, -0.2) is 14.8 Å². The van der Waals surface area contributed by atoms with Crippen LogP contribution in [-0.2, 0) is 12.0 Å². The summed E-state index contributed by atoms with van der Waals surface area (Å²) in [6.07, 6.45) is 4.48. The number of nitrogens with zero attached hydrogens (tertiary/aromatic N) is 3. The number of hydrogen-bond donors (Lipinski definition) is 0. The van der Waals surface area contributed by atoms with E-state index in [0.717, 1.165) is 18.7 Å². The minimum atomic E-state index is -0.0612. The van der Waals surface area contributed by atoms with Gasteiger partial charge in [-0.1, -0.05) is 30.3 Å². The van der Waals surface area contributed by atoms with Crippen molar-refractivity contribution in [2.45, 2.75) is 51.0 Å². The lowest BCUT2D eigenvalue weighted by Gasteiger charge is -2.28. The Labute approximate surface area is 125 Å². The van der Waals surface area contributed by atoms with E-state index < -0.39 is 0 Å². The van der Waals surface area contributed by atoms with Gasteiger partial charge in [-0.05, 0) is 56.7 Å². The molecule has 0 saturated heterocycles. The monoisotopic (exact) mass is 289 g/mol. The second-order valence-corrected chi connectivity index (χ2v) is 6.57. The smallest absolute Gasteiger partial charge is 0.225 e. The zero-order chi connectivity index (χ0) is 14.2. The second kappa shape index (κ2) is 5.21. The maximum absolute atomic E-state index is 6.27. The largest absolute Gasteiger partial charge is 0.296 e. The molecule has 3 nitrogen and oxygen atoms in total. The first-order valence-electron chi connectivity index (χ1n) is 7.23. The predicted molar refractivity (Wildman–Crippen MR) is 81.1 cm³/mol. The topological polar surface area (TPSA) is 30.7 Å². The summed E-state index contributed by atoms with van der Waals surface area (Å²) >= 11 is 6.27. The van der Waals surface area contributed by atoms with E-state index in [0.29, 0.717) is 11.2 Å². The van der Waals surface area contributed by atoms with Crippen LogP contribution in [0.15, 0.2) is 30.3 Å². The normalized spacial score (nSPS) is 15.6. The van der Waals surface area contributed by atoms with E-state index in [2.05, 4.69) is 58.9 Å². The average molecular weight is 290 g/mol. The van der Waals surface area contributed by atoms with E-state index in [1.54, 1.807) is 0 Å². The summed E-state index contributed by atoms with van der Waals surface area (Å²) in [5.74, 6) is 1.62. The Morgan fingerprint density at radius 2 is 1.90 bits per heavy atom. The molecule has 1 aliphatic carbocycles. The van der Waals surface area contributed by atoms with Crippen LogP contribution in [0, 0.1) is 0 Å². The molecule has 0 N–H and O–H groups in total. The Bertz CT molecular complexity index is 585. The Morgan fingerprint density at radius 1 is 1.20 bits per heavy atom. The summed E-state index contributed by atoms with van der Waals surface area (Å²) in [5, 5.41) is 8.88. The maximum Gasteiger partial charge on any atom is 0.225 e. The number of rotatable bonds is 5. The molecule has 1 heterocycles. The highest BCUT2D eigenvalue weighted by molar-refractivity contribution is 6.28. The Balaban J connectivity index is 1.79. The van der Waals surface area contributed by atoms with Crippen molar-refractivity contribution in [2.24, 2.45) is 0 Å². The van der Waals surface area contributed by atoms with Gasteiger partial charge in [0, 0.05) is 11.5 Å². The van der Waals surface area contributed by atoms with Gasteiger partial charge in [-0.2, -0.15) is 0 Å². The zero-order valence-corrected chi connectivity index (χ0v) is 12.8. The number of halogens is 1. The summed E-state index contributed by atoms with van der Waals surface area (Å²) in [6.45, 7) is 4.44. The van der Waals surface area contributed by atoms with Crippen molar-refractivity contribution in [1.82, 2.24) is 14.8 Å². The summed E-state index contributed by atoms with van der Waals surface area (Å²) in [4.78, 5) is 0. The van der Waals surface area contributed by atoms with Crippen molar-refractivity contribution < 1.29 is 0 Å². The first-order valence-corrected chi connectivity index (χ1v) is 7.61. The molecular formula is C16H20ClN3. The van der Waals surface area contributed by atoms with Crippen LogP contribution in [0.3, 0.4) is 0 Å². The lowest BCUT2D eigenvalue weighted by atomic mass is 9.94. The van der Waals surface area contributed by atoms with Gasteiger partial charge < -0.3 is 0 Å². The van der Waals surface area contributed by atoms with E-state index in [-0.39, 0.29) is 5.54 Å². The molecule has 1 aromatic carbocycles. The summed E-state index contributed by atoms with van der Waals surface area (Å²) in [7, 11) is 0. The van der Waals surface area contributed by atoms with Gasteiger partial charge in [-0.25, -0.2) is 0 Å². The molecule has 20 heavy (non-hydrogen) atoms. The number of hydrogen-bond acceptors (Lipinski definition) is 2. The Kier molecular flexibility index (Phi) is 3.55. The van der Waals surface area contributed by atoms with Crippen LogP contribution < -0.4 is 0 Å². The van der Waals surface area contributed by atoms with Gasteiger partial charge in [0.25, 0.3) is 0 Å². The van der Waals surface area contributed by atoms with Crippen LogP contribution in [0.1, 0.15) is 50.4 Å². The lowest BCUT2D eigenvalue weighted by molar-refractivity contribution is 0.317. The fourth-order valence-corrected chi connectivity index (χ4v) is 3.00. The molecule has 106 valence electrons. The molecule has 0 unspecified atom stereocenters. The molecule has 3 rings (SSSR count). The van der Waals surface area contributed by atoms with Gasteiger partial charge in [0.05, 0.1) is 0 Å². The predicted octanol–water partition coefficient (Wildman–Crippen LogP) is 4.18. The highest BCUT2D eigenvalue weighted by Gasteiger charge is 2.35. The standard InChI is InChI=1S/C16H20ClN3/c1-16(2,11-10-12-6-4-3-5-7-12)20-14(13-8-9-13)18-19-15(20)17/h3-7,13H,8-11H2,1-2H3. The van der Waals surface area contributed by atoms with Gasteiger partial charge in [-0.3, -0.25) is 4.57 Å². The molecule has 0 atom stereocenters. The van der Waals surface area contributed by atoms with Crippen LogP contribution in [0.5, 0.6) is 0 Å². The molecule has 1 fully saturated rings. The molecule has 0 bridgehead atoms. The molecule has 1 saturated carbocycles. The van der Waals surface area contributed by atoms with E-state index in [4.69, 9.17) is 11.6 Å². The molecule has 1 aliphatic rings. The molecule has 0 radical (unpaired) electrons. The lowest BCUT2D eigenvalue weighted by Crippen LogP contribution is -2.29. The van der Waals surface area contributed by atoms with Crippen LogP contribution in [0.2, 0.25) is 5.28 Å².